The van der Waals surface area contributed by atoms with Crippen molar-refractivity contribution in [3.63, 3.8) is 0 Å². The minimum Gasteiger partial charge on any atom is -0.356 e. The standard InChI is InChI=1S/C16H21ClN2/c1-2-16(8-5-9-16)11-18-10-14-15(17)12-6-3-4-7-13(12)19-14/h3-4,6-7,18-19H,2,5,8-11H2,1H3. The van der Waals surface area contributed by atoms with Crippen LogP contribution in [0.3, 0.4) is 0 Å². The van der Waals surface area contributed by atoms with Gasteiger partial charge in [0.05, 0.1) is 5.02 Å². The number of benzene rings is 1. The van der Waals surface area contributed by atoms with Crippen molar-refractivity contribution in [1.29, 1.82) is 0 Å². The Morgan fingerprint density at radius 2 is 2.11 bits per heavy atom. The third-order valence-corrected chi connectivity index (χ3v) is 5.11. The number of nitrogens with one attached hydrogen (secondary N) is 2. The maximum absolute atomic E-state index is 6.42. The molecule has 1 aromatic carbocycles. The summed E-state index contributed by atoms with van der Waals surface area (Å²) in [5, 5.41) is 5.56. The van der Waals surface area contributed by atoms with Crippen molar-refractivity contribution in [3.05, 3.63) is 35.0 Å². The number of aromatic nitrogens is 1. The fraction of sp³-hybridized carbons (Fsp3) is 0.500. The average Bonchev–Trinajstić information content (AvgIpc) is 2.70. The Labute approximate surface area is 119 Å². The van der Waals surface area contributed by atoms with Crippen LogP contribution in [0, 0.1) is 5.41 Å². The van der Waals surface area contributed by atoms with Gasteiger partial charge in [-0.05, 0) is 30.7 Å². The van der Waals surface area contributed by atoms with E-state index in [4.69, 9.17) is 11.6 Å². The highest BCUT2D eigenvalue weighted by molar-refractivity contribution is 6.36. The monoisotopic (exact) mass is 276 g/mol. The highest BCUT2D eigenvalue weighted by Gasteiger charge is 2.34. The Hall–Kier alpha value is -0.990. The molecule has 1 fully saturated rings. The lowest BCUT2D eigenvalue weighted by Crippen LogP contribution is -2.39. The zero-order valence-electron chi connectivity index (χ0n) is 11.4. The molecule has 0 saturated heterocycles. The van der Waals surface area contributed by atoms with Crippen LogP contribution in [0.25, 0.3) is 10.9 Å². The van der Waals surface area contributed by atoms with Gasteiger partial charge in [0.25, 0.3) is 0 Å². The molecule has 1 aromatic heterocycles. The minimum atomic E-state index is 0.554. The zero-order chi connectivity index (χ0) is 13.3. The number of halogens is 1. The first-order valence-electron chi connectivity index (χ1n) is 7.20. The van der Waals surface area contributed by atoms with E-state index in [1.54, 1.807) is 0 Å². The van der Waals surface area contributed by atoms with Crippen molar-refractivity contribution in [1.82, 2.24) is 10.3 Å². The molecule has 0 spiro atoms. The summed E-state index contributed by atoms with van der Waals surface area (Å²) < 4.78 is 0. The Morgan fingerprint density at radius 3 is 2.74 bits per heavy atom. The molecule has 2 nitrogen and oxygen atoms in total. The Morgan fingerprint density at radius 1 is 1.32 bits per heavy atom. The van der Waals surface area contributed by atoms with Crippen molar-refractivity contribution in [2.75, 3.05) is 6.54 Å². The maximum Gasteiger partial charge on any atom is 0.0705 e. The summed E-state index contributed by atoms with van der Waals surface area (Å²) in [5.41, 5.74) is 2.78. The van der Waals surface area contributed by atoms with Gasteiger partial charge in [-0.2, -0.15) is 0 Å². The van der Waals surface area contributed by atoms with Crippen LogP contribution >= 0.6 is 11.6 Å². The van der Waals surface area contributed by atoms with Crippen LogP contribution in [-0.2, 0) is 6.54 Å². The molecule has 2 N–H and O–H groups in total. The van der Waals surface area contributed by atoms with E-state index in [1.807, 2.05) is 12.1 Å². The first-order valence-corrected chi connectivity index (χ1v) is 7.58. The van der Waals surface area contributed by atoms with Gasteiger partial charge in [0.15, 0.2) is 0 Å². The lowest BCUT2D eigenvalue weighted by Gasteiger charge is -2.41. The molecular formula is C16H21ClN2. The number of para-hydroxylation sites is 1. The molecule has 19 heavy (non-hydrogen) atoms. The normalized spacial score (nSPS) is 17.6. The number of fused-ring (bicyclic) bond motifs is 1. The summed E-state index contributed by atoms with van der Waals surface area (Å²) in [5.74, 6) is 0. The quantitative estimate of drug-likeness (QED) is 0.827. The molecule has 102 valence electrons. The number of hydrogen-bond acceptors (Lipinski definition) is 1. The average molecular weight is 277 g/mol. The van der Waals surface area contributed by atoms with E-state index in [0.29, 0.717) is 5.41 Å². The molecule has 1 heterocycles. The molecule has 1 saturated carbocycles. The second-order valence-electron chi connectivity index (χ2n) is 5.77. The van der Waals surface area contributed by atoms with E-state index >= 15 is 0 Å². The molecule has 2 aromatic rings. The summed E-state index contributed by atoms with van der Waals surface area (Å²) in [7, 11) is 0. The molecule has 0 aliphatic heterocycles. The third kappa shape index (κ3) is 2.39. The van der Waals surface area contributed by atoms with Crippen molar-refractivity contribution < 1.29 is 0 Å². The van der Waals surface area contributed by atoms with Gasteiger partial charge in [0, 0.05) is 29.7 Å². The summed E-state index contributed by atoms with van der Waals surface area (Å²) in [6.07, 6.45) is 5.41. The minimum absolute atomic E-state index is 0.554. The predicted molar refractivity (Wildman–Crippen MR) is 81.6 cm³/mol. The first kappa shape index (κ1) is 13.0. The summed E-state index contributed by atoms with van der Waals surface area (Å²) in [6, 6.07) is 8.20. The Kier molecular flexibility index (Phi) is 3.55. The molecule has 0 amide bonds. The Bertz CT molecular complexity index is 564. The highest BCUT2D eigenvalue weighted by Crippen LogP contribution is 2.43. The van der Waals surface area contributed by atoms with E-state index in [0.717, 1.165) is 34.7 Å². The molecule has 3 rings (SSSR count). The summed E-state index contributed by atoms with van der Waals surface area (Å²) >= 11 is 6.42. The second kappa shape index (κ2) is 5.18. The topological polar surface area (TPSA) is 27.8 Å². The Balaban J connectivity index is 1.67. The number of rotatable bonds is 5. The van der Waals surface area contributed by atoms with Crippen LogP contribution in [0.15, 0.2) is 24.3 Å². The van der Waals surface area contributed by atoms with Gasteiger partial charge in [-0.1, -0.05) is 43.1 Å². The smallest absolute Gasteiger partial charge is 0.0705 e. The van der Waals surface area contributed by atoms with E-state index < -0.39 is 0 Å². The van der Waals surface area contributed by atoms with Gasteiger partial charge in [0.2, 0.25) is 0 Å². The molecule has 0 bridgehead atoms. The van der Waals surface area contributed by atoms with E-state index in [9.17, 15) is 0 Å². The largest absolute Gasteiger partial charge is 0.356 e. The van der Waals surface area contributed by atoms with Gasteiger partial charge in [-0.15, -0.1) is 0 Å². The fourth-order valence-electron chi connectivity index (χ4n) is 3.07. The van der Waals surface area contributed by atoms with Crippen LogP contribution < -0.4 is 5.32 Å². The van der Waals surface area contributed by atoms with E-state index in [-0.39, 0.29) is 0 Å². The number of hydrogen-bond donors (Lipinski definition) is 2. The molecular weight excluding hydrogens is 256 g/mol. The first-order chi connectivity index (χ1) is 9.24. The molecule has 1 aliphatic carbocycles. The highest BCUT2D eigenvalue weighted by atomic mass is 35.5. The van der Waals surface area contributed by atoms with Crippen LogP contribution in [0.5, 0.6) is 0 Å². The van der Waals surface area contributed by atoms with Gasteiger partial charge in [-0.3, -0.25) is 0 Å². The van der Waals surface area contributed by atoms with Crippen molar-refractivity contribution in [2.45, 2.75) is 39.2 Å². The molecule has 0 radical (unpaired) electrons. The molecule has 3 heteroatoms. The van der Waals surface area contributed by atoms with Gasteiger partial charge >= 0.3 is 0 Å². The van der Waals surface area contributed by atoms with Crippen molar-refractivity contribution in [3.8, 4) is 0 Å². The third-order valence-electron chi connectivity index (χ3n) is 4.68. The molecule has 0 atom stereocenters. The molecule has 1 aliphatic rings. The summed E-state index contributed by atoms with van der Waals surface area (Å²) in [6.45, 7) is 4.24. The number of aromatic amines is 1. The maximum atomic E-state index is 6.42. The lowest BCUT2D eigenvalue weighted by atomic mass is 9.67. The van der Waals surface area contributed by atoms with Crippen LogP contribution in [0.1, 0.15) is 38.3 Å². The van der Waals surface area contributed by atoms with Crippen LogP contribution in [0.2, 0.25) is 5.02 Å². The van der Waals surface area contributed by atoms with Crippen LogP contribution in [0.4, 0.5) is 0 Å². The second-order valence-corrected chi connectivity index (χ2v) is 6.15. The van der Waals surface area contributed by atoms with Crippen molar-refractivity contribution >= 4 is 22.5 Å². The summed E-state index contributed by atoms with van der Waals surface area (Å²) in [4.78, 5) is 3.41. The van der Waals surface area contributed by atoms with E-state index in [1.165, 1.54) is 25.7 Å². The van der Waals surface area contributed by atoms with Crippen LogP contribution in [-0.4, -0.2) is 11.5 Å². The zero-order valence-corrected chi connectivity index (χ0v) is 12.2. The van der Waals surface area contributed by atoms with Gasteiger partial charge in [0.1, 0.15) is 0 Å². The molecule has 0 unspecified atom stereocenters. The predicted octanol–water partition coefficient (Wildman–Crippen LogP) is 4.49. The van der Waals surface area contributed by atoms with E-state index in [2.05, 4.69) is 29.4 Å². The van der Waals surface area contributed by atoms with Gasteiger partial charge < -0.3 is 10.3 Å². The number of H-pyrrole nitrogens is 1. The fourth-order valence-corrected chi connectivity index (χ4v) is 3.35. The SMILES string of the molecule is CCC1(CNCc2[nH]c3ccccc3c2Cl)CCC1. The van der Waals surface area contributed by atoms with Crippen molar-refractivity contribution in [2.24, 2.45) is 5.41 Å². The van der Waals surface area contributed by atoms with Gasteiger partial charge in [-0.25, -0.2) is 0 Å². The lowest BCUT2D eigenvalue weighted by molar-refractivity contribution is 0.123.